The summed E-state index contributed by atoms with van der Waals surface area (Å²) in [7, 11) is -4.09. The van der Waals surface area contributed by atoms with Crippen LogP contribution in [0.5, 0.6) is 0 Å². The first-order valence-electron chi connectivity index (χ1n) is 16.6. The first kappa shape index (κ1) is 37.4. The highest BCUT2D eigenvalue weighted by molar-refractivity contribution is 7.89. The Morgan fingerprint density at radius 2 is 1.81 bits per heavy atom. The summed E-state index contributed by atoms with van der Waals surface area (Å²) < 4.78 is 51.2. The summed E-state index contributed by atoms with van der Waals surface area (Å²) in [5, 5.41) is 17.2. The minimum absolute atomic E-state index is 0.0416. The van der Waals surface area contributed by atoms with Gasteiger partial charge in [-0.25, -0.2) is 18.0 Å². The molecule has 0 saturated carbocycles. The van der Waals surface area contributed by atoms with Crippen molar-refractivity contribution in [3.05, 3.63) is 60.2 Å². The molecule has 2 aromatic carbocycles. The van der Waals surface area contributed by atoms with Crippen LogP contribution in [0.1, 0.15) is 52.0 Å². The van der Waals surface area contributed by atoms with Gasteiger partial charge in [-0.2, -0.15) is 4.31 Å². The number of aliphatic hydroxyl groups is 1. The van der Waals surface area contributed by atoms with Gasteiger partial charge in [-0.3, -0.25) is 0 Å². The molecule has 0 bridgehead atoms. The molecule has 2 heterocycles. The second-order valence-electron chi connectivity index (χ2n) is 13.1. The number of rotatable bonds is 17. The zero-order valence-corrected chi connectivity index (χ0v) is 28.8. The van der Waals surface area contributed by atoms with Crippen LogP contribution in [0.2, 0.25) is 0 Å². The molecule has 0 spiro atoms. The molecule has 0 unspecified atom stereocenters. The number of fused-ring (bicyclic) bond motifs is 1. The van der Waals surface area contributed by atoms with Crippen LogP contribution >= 0.6 is 0 Å². The number of alkyl carbamates (subject to hydrolysis) is 2. The van der Waals surface area contributed by atoms with Crippen LogP contribution < -0.4 is 16.4 Å². The van der Waals surface area contributed by atoms with Gasteiger partial charge in [-0.05, 0) is 67.9 Å². The predicted molar refractivity (Wildman–Crippen MR) is 179 cm³/mol. The second-order valence-corrected chi connectivity index (χ2v) is 15.0. The summed E-state index contributed by atoms with van der Waals surface area (Å²) in [5.41, 5.74) is 6.60. The van der Waals surface area contributed by atoms with Gasteiger partial charge < -0.3 is 40.4 Å². The third-order valence-electron chi connectivity index (χ3n) is 8.65. The smallest absolute Gasteiger partial charge is 0.407 e. The number of ether oxygens (including phenoxy) is 4. The highest BCUT2D eigenvalue weighted by Gasteiger charge is 2.44. The van der Waals surface area contributed by atoms with Gasteiger partial charge in [0.15, 0.2) is 6.29 Å². The highest BCUT2D eigenvalue weighted by Crippen LogP contribution is 2.33. The fraction of sp³-hybridized carbons (Fsp3) is 0.588. The number of benzene rings is 2. The molecule has 2 fully saturated rings. The van der Waals surface area contributed by atoms with E-state index in [0.717, 1.165) is 12.0 Å². The predicted octanol–water partition coefficient (Wildman–Crippen LogP) is 3.66. The number of unbranched alkanes of at least 4 members (excludes halogenated alkanes) is 1. The van der Waals surface area contributed by atoms with Crippen LogP contribution in [0.3, 0.4) is 0 Å². The molecule has 2 aliphatic rings. The van der Waals surface area contributed by atoms with Gasteiger partial charge in [0.05, 0.1) is 42.8 Å². The van der Waals surface area contributed by atoms with E-state index < -0.39 is 52.2 Å². The zero-order valence-electron chi connectivity index (χ0n) is 28.0. The normalized spacial score (nSPS) is 20.6. The van der Waals surface area contributed by atoms with Crippen molar-refractivity contribution >= 4 is 27.9 Å². The van der Waals surface area contributed by atoms with Crippen LogP contribution in [-0.4, -0.2) is 94.0 Å². The van der Waals surface area contributed by atoms with E-state index in [-0.39, 0.29) is 43.5 Å². The van der Waals surface area contributed by atoms with Crippen molar-refractivity contribution in [3.8, 4) is 0 Å². The van der Waals surface area contributed by atoms with E-state index >= 15 is 0 Å². The van der Waals surface area contributed by atoms with Gasteiger partial charge in [0.2, 0.25) is 10.0 Å². The lowest BCUT2D eigenvalue weighted by atomic mass is 9.87. The number of carbonyl (C=O) groups is 2. The molecule has 48 heavy (non-hydrogen) atoms. The molecular formula is C34H50N4O9S. The van der Waals surface area contributed by atoms with Crippen molar-refractivity contribution in [1.29, 1.82) is 0 Å². The first-order valence-corrected chi connectivity index (χ1v) is 18.0. The molecule has 2 aromatic rings. The minimum Gasteiger partial charge on any atom is -0.450 e. The Morgan fingerprint density at radius 3 is 2.52 bits per heavy atom. The first-order chi connectivity index (χ1) is 22.9. The fourth-order valence-electron chi connectivity index (χ4n) is 6.05. The summed E-state index contributed by atoms with van der Waals surface area (Å²) >= 11 is 0. The molecular weight excluding hydrogens is 640 g/mol. The topological polar surface area (TPSA) is 179 Å². The summed E-state index contributed by atoms with van der Waals surface area (Å²) in [6.07, 6.45) is -0.361. The Hall–Kier alpha value is -3.43. The lowest BCUT2D eigenvalue weighted by Crippen LogP contribution is -2.52. The number of nitrogens with zero attached hydrogens (tertiary/aromatic N) is 1. The average Bonchev–Trinajstić information content (AvgIpc) is 3.66. The van der Waals surface area contributed by atoms with Crippen molar-refractivity contribution in [2.24, 2.45) is 11.3 Å². The number of amides is 2. The lowest BCUT2D eigenvalue weighted by Gasteiger charge is -2.35. The van der Waals surface area contributed by atoms with Crippen molar-refractivity contribution in [1.82, 2.24) is 14.9 Å². The van der Waals surface area contributed by atoms with E-state index in [9.17, 15) is 23.1 Å². The lowest BCUT2D eigenvalue weighted by molar-refractivity contribution is -0.0907. The van der Waals surface area contributed by atoms with E-state index in [1.54, 1.807) is 6.92 Å². The van der Waals surface area contributed by atoms with Gasteiger partial charge in [0, 0.05) is 25.3 Å². The monoisotopic (exact) mass is 690 g/mol. The minimum atomic E-state index is -4.09. The summed E-state index contributed by atoms with van der Waals surface area (Å²) in [6, 6.07) is 14.4. The number of hydrogen-bond acceptors (Lipinski definition) is 10. The number of nitrogen functional groups attached to an aromatic ring is 1. The fourth-order valence-corrected chi connectivity index (χ4v) is 7.70. The van der Waals surface area contributed by atoms with Crippen LogP contribution in [-0.2, 0) is 35.4 Å². The summed E-state index contributed by atoms with van der Waals surface area (Å²) in [4.78, 5) is 24.8. The van der Waals surface area contributed by atoms with Crippen molar-refractivity contribution < 1.29 is 42.1 Å². The molecule has 13 nitrogen and oxygen atoms in total. The Bertz CT molecular complexity index is 1430. The molecule has 2 aliphatic heterocycles. The summed E-state index contributed by atoms with van der Waals surface area (Å²) in [6.45, 7) is 6.94. The van der Waals surface area contributed by atoms with Crippen molar-refractivity contribution in [2.45, 2.75) is 82.3 Å². The van der Waals surface area contributed by atoms with Crippen molar-refractivity contribution in [2.75, 3.05) is 45.2 Å². The maximum Gasteiger partial charge on any atom is 0.407 e. The third kappa shape index (κ3) is 10.8. The average molecular weight is 691 g/mol. The molecule has 5 N–H and O–H groups in total. The largest absolute Gasteiger partial charge is 0.450 e. The van der Waals surface area contributed by atoms with Gasteiger partial charge >= 0.3 is 12.2 Å². The van der Waals surface area contributed by atoms with Crippen LogP contribution in [0.15, 0.2) is 59.5 Å². The Balaban J connectivity index is 1.49. The molecule has 0 aliphatic carbocycles. The van der Waals surface area contributed by atoms with E-state index in [1.807, 2.05) is 44.2 Å². The van der Waals surface area contributed by atoms with Gasteiger partial charge in [0.1, 0.15) is 6.10 Å². The number of carbonyl (C=O) groups excluding carboxylic acids is 2. The standard InChI is InChI=1S/C34H50N4O9S/c1-4-44-32(40)36-18-9-8-17-34(2,3)23-38(48(42,43)26-14-12-25(35)13-15-26)21-29(39)28(20-24-10-6-5-7-11-24)37-33(41)47-30-22-46-31-27(30)16-19-45-31/h5-7,10-15,27-31,39H,4,8-9,16-23,35H2,1-3H3,(H,36,40)(H,37,41)/t27-,28-,29+,30-,31+/m0/s1. The second kappa shape index (κ2) is 17.3. The molecule has 2 amide bonds. The molecule has 4 rings (SSSR count). The quantitative estimate of drug-likeness (QED) is 0.141. The number of hydrogen-bond donors (Lipinski definition) is 4. The van der Waals surface area contributed by atoms with E-state index in [4.69, 9.17) is 24.7 Å². The van der Waals surface area contributed by atoms with Crippen molar-refractivity contribution in [3.63, 3.8) is 0 Å². The maximum absolute atomic E-state index is 14.1. The number of nitrogens with two attached hydrogens (primary N) is 1. The molecule has 266 valence electrons. The number of nitrogens with one attached hydrogen (secondary N) is 2. The maximum atomic E-state index is 14.1. The SMILES string of the molecule is CCOC(=O)NCCCCC(C)(C)CN(C[C@@H](O)[C@H](Cc1ccccc1)NC(=O)O[C@H]1CO[C@H]2OCC[C@H]21)S(=O)(=O)c1ccc(N)cc1. The molecule has 2 saturated heterocycles. The van der Waals surface area contributed by atoms with Crippen LogP contribution in [0.4, 0.5) is 15.3 Å². The Labute approximate surface area is 283 Å². The third-order valence-corrected chi connectivity index (χ3v) is 10.5. The van der Waals surface area contributed by atoms with Gasteiger partial charge in [-0.1, -0.05) is 50.6 Å². The highest BCUT2D eigenvalue weighted by atomic mass is 32.2. The van der Waals surface area contributed by atoms with E-state index in [2.05, 4.69) is 10.6 Å². The molecule has 5 atom stereocenters. The van der Waals surface area contributed by atoms with Crippen LogP contribution in [0.25, 0.3) is 0 Å². The summed E-state index contributed by atoms with van der Waals surface area (Å²) in [5.74, 6) is -0.0584. The Kier molecular flexibility index (Phi) is 13.5. The number of aliphatic hydroxyl groups excluding tert-OH is 1. The molecule has 0 radical (unpaired) electrons. The number of anilines is 1. The van der Waals surface area contributed by atoms with E-state index in [1.165, 1.54) is 28.6 Å². The molecule has 0 aromatic heterocycles. The van der Waals surface area contributed by atoms with E-state index in [0.29, 0.717) is 38.1 Å². The number of sulfonamides is 1. The zero-order chi connectivity index (χ0) is 34.7. The molecule has 14 heteroatoms. The van der Waals surface area contributed by atoms with Gasteiger partial charge in [-0.15, -0.1) is 0 Å². The van der Waals surface area contributed by atoms with Crippen LogP contribution in [0, 0.1) is 11.3 Å². The van der Waals surface area contributed by atoms with Gasteiger partial charge in [0.25, 0.3) is 0 Å². The Morgan fingerprint density at radius 1 is 1.08 bits per heavy atom.